The van der Waals surface area contributed by atoms with Crippen LogP contribution >= 0.6 is 7.82 Å². The number of hydrogen-bond donors (Lipinski definition) is 4. The molecule has 1 aromatic rings. The van der Waals surface area contributed by atoms with Crippen LogP contribution in [0.4, 0.5) is 0 Å². The molecule has 0 heterocycles. The molecular weight excluding hydrogens is 343 g/mol. The molecule has 1 rings (SSSR count). The average Bonchev–Trinajstić information content (AvgIpc) is 2.56. The third-order valence-electron chi connectivity index (χ3n) is 2.69. The summed E-state index contributed by atoms with van der Waals surface area (Å²) in [6.07, 6.45) is 0. The van der Waals surface area contributed by atoms with Gasteiger partial charge in [0.1, 0.15) is 12.1 Å². The third-order valence-corrected chi connectivity index (χ3v) is 4.07. The van der Waals surface area contributed by atoms with E-state index in [9.17, 15) is 14.2 Å². The number of carboxylic acids is 2. The summed E-state index contributed by atoms with van der Waals surface area (Å²) in [6, 6.07) is 5.71. The lowest BCUT2D eigenvalue weighted by Crippen LogP contribution is -2.36. The van der Waals surface area contributed by atoms with Crippen LogP contribution in [-0.2, 0) is 34.3 Å². The van der Waals surface area contributed by atoms with E-state index in [1.54, 1.807) is 30.3 Å². The fraction of sp³-hybridized carbons (Fsp3) is 0.385. The lowest BCUT2D eigenvalue weighted by atomic mass is 10.2. The van der Waals surface area contributed by atoms with Gasteiger partial charge in [-0.1, -0.05) is 30.3 Å². The highest BCUT2D eigenvalue weighted by molar-refractivity contribution is 7.48. The minimum atomic E-state index is -4.26. The number of carboxylic acid groups (broad SMARTS) is 2. The SMILES string of the molecule is NC(COP(=O)(OCc1ccccc1)OCC(N)C(=O)O)C(=O)O. The van der Waals surface area contributed by atoms with Crippen LogP contribution in [0.5, 0.6) is 0 Å². The molecular formula is C13H19N2O8P. The van der Waals surface area contributed by atoms with Crippen LogP contribution in [0.1, 0.15) is 5.56 Å². The first-order valence-electron chi connectivity index (χ1n) is 6.78. The summed E-state index contributed by atoms with van der Waals surface area (Å²) in [4.78, 5) is 21.4. The van der Waals surface area contributed by atoms with Gasteiger partial charge in [0.05, 0.1) is 19.8 Å². The fourth-order valence-corrected chi connectivity index (χ4v) is 2.54. The van der Waals surface area contributed by atoms with Crippen LogP contribution < -0.4 is 11.5 Å². The van der Waals surface area contributed by atoms with Gasteiger partial charge in [0.15, 0.2) is 0 Å². The molecule has 0 aliphatic rings. The second-order valence-corrected chi connectivity index (χ2v) is 6.36. The first kappa shape index (κ1) is 20.2. The van der Waals surface area contributed by atoms with Crippen LogP contribution in [0.25, 0.3) is 0 Å². The third kappa shape index (κ3) is 7.18. The van der Waals surface area contributed by atoms with E-state index in [1.165, 1.54) is 0 Å². The summed E-state index contributed by atoms with van der Waals surface area (Å²) in [7, 11) is -4.26. The Morgan fingerprint density at radius 3 is 1.83 bits per heavy atom. The number of nitrogens with two attached hydrogens (primary N) is 2. The largest absolute Gasteiger partial charge is 0.480 e. The van der Waals surface area contributed by atoms with Crippen molar-refractivity contribution in [2.45, 2.75) is 18.7 Å². The molecule has 0 saturated carbocycles. The van der Waals surface area contributed by atoms with Gasteiger partial charge in [-0.05, 0) is 5.56 Å². The van der Waals surface area contributed by atoms with Gasteiger partial charge in [-0.3, -0.25) is 23.2 Å². The van der Waals surface area contributed by atoms with Crippen molar-refractivity contribution in [3.63, 3.8) is 0 Å². The Hall–Kier alpha value is -1.81. The van der Waals surface area contributed by atoms with E-state index >= 15 is 0 Å². The van der Waals surface area contributed by atoms with Gasteiger partial charge < -0.3 is 21.7 Å². The molecule has 0 saturated heterocycles. The van der Waals surface area contributed by atoms with Crippen molar-refractivity contribution in [3.8, 4) is 0 Å². The van der Waals surface area contributed by atoms with Crippen molar-refractivity contribution in [3.05, 3.63) is 35.9 Å². The Balaban J connectivity index is 2.71. The maximum atomic E-state index is 12.5. The molecule has 2 atom stereocenters. The molecule has 0 bridgehead atoms. The molecule has 0 fully saturated rings. The number of phosphoric acid groups is 1. The van der Waals surface area contributed by atoms with Gasteiger partial charge in [-0.15, -0.1) is 0 Å². The van der Waals surface area contributed by atoms with E-state index in [1.807, 2.05) is 0 Å². The van der Waals surface area contributed by atoms with Crippen molar-refractivity contribution in [1.29, 1.82) is 0 Å². The van der Waals surface area contributed by atoms with Crippen molar-refractivity contribution >= 4 is 19.8 Å². The maximum Gasteiger partial charge on any atom is 0.475 e. The van der Waals surface area contributed by atoms with Crippen molar-refractivity contribution < 1.29 is 37.9 Å². The van der Waals surface area contributed by atoms with Gasteiger partial charge in [0.25, 0.3) is 0 Å². The fourth-order valence-electron chi connectivity index (χ4n) is 1.33. The molecule has 134 valence electrons. The highest BCUT2D eigenvalue weighted by atomic mass is 31.2. The molecule has 0 aliphatic carbocycles. The minimum Gasteiger partial charge on any atom is -0.480 e. The van der Waals surface area contributed by atoms with Crippen LogP contribution in [0.15, 0.2) is 30.3 Å². The highest BCUT2D eigenvalue weighted by Crippen LogP contribution is 2.50. The first-order valence-corrected chi connectivity index (χ1v) is 8.24. The standard InChI is InChI=1S/C13H19N2O8P/c14-10(12(16)17)7-22-24(20,23-8-11(15)13(18)19)21-6-9-4-2-1-3-5-9/h1-5,10-11H,6-8,14-15H2,(H,16,17)(H,18,19). The second kappa shape index (κ2) is 9.48. The van der Waals surface area contributed by atoms with E-state index in [4.69, 9.17) is 35.3 Å². The lowest BCUT2D eigenvalue weighted by molar-refractivity contribution is -0.139. The van der Waals surface area contributed by atoms with Crippen LogP contribution in [0, 0.1) is 0 Å². The van der Waals surface area contributed by atoms with E-state index < -0.39 is 45.1 Å². The summed E-state index contributed by atoms with van der Waals surface area (Å²) in [6.45, 7) is -1.46. The zero-order valence-electron chi connectivity index (χ0n) is 12.6. The topological polar surface area (TPSA) is 171 Å². The predicted octanol–water partition coefficient (Wildman–Crippen LogP) is 0.168. The molecule has 0 spiro atoms. The maximum absolute atomic E-state index is 12.5. The van der Waals surface area contributed by atoms with Gasteiger partial charge in [-0.25, -0.2) is 4.57 Å². The number of aliphatic carboxylic acids is 2. The summed E-state index contributed by atoms with van der Waals surface area (Å²) >= 11 is 0. The van der Waals surface area contributed by atoms with E-state index in [0.29, 0.717) is 5.56 Å². The summed E-state index contributed by atoms with van der Waals surface area (Å²) < 4.78 is 27.3. The number of hydrogen-bond acceptors (Lipinski definition) is 8. The monoisotopic (exact) mass is 362 g/mol. The molecule has 24 heavy (non-hydrogen) atoms. The Kier molecular flexibility index (Phi) is 7.99. The Bertz CT molecular complexity index is 569. The summed E-state index contributed by atoms with van der Waals surface area (Å²) in [5, 5.41) is 17.4. The number of rotatable bonds is 11. The molecule has 0 radical (unpaired) electrons. The number of carbonyl (C=O) groups is 2. The highest BCUT2D eigenvalue weighted by Gasteiger charge is 2.31. The first-order chi connectivity index (χ1) is 11.2. The normalized spacial score (nSPS) is 16.1. The molecule has 11 heteroatoms. The minimum absolute atomic E-state index is 0.164. The number of benzene rings is 1. The zero-order valence-corrected chi connectivity index (χ0v) is 13.5. The summed E-state index contributed by atoms with van der Waals surface area (Å²) in [5.74, 6) is -2.74. The van der Waals surface area contributed by atoms with Crippen LogP contribution in [0.3, 0.4) is 0 Å². The van der Waals surface area contributed by atoms with Gasteiger partial charge >= 0.3 is 19.8 Å². The molecule has 2 unspecified atom stereocenters. The van der Waals surface area contributed by atoms with Crippen LogP contribution in [0.2, 0.25) is 0 Å². The Morgan fingerprint density at radius 1 is 0.958 bits per heavy atom. The summed E-state index contributed by atoms with van der Waals surface area (Å²) in [5.41, 5.74) is 11.2. The predicted molar refractivity (Wildman–Crippen MR) is 82.0 cm³/mol. The van der Waals surface area contributed by atoms with E-state index in [0.717, 1.165) is 0 Å². The Morgan fingerprint density at radius 2 is 1.42 bits per heavy atom. The van der Waals surface area contributed by atoms with E-state index in [2.05, 4.69) is 0 Å². The van der Waals surface area contributed by atoms with E-state index in [-0.39, 0.29) is 6.61 Å². The average molecular weight is 362 g/mol. The van der Waals surface area contributed by atoms with Gasteiger partial charge in [-0.2, -0.15) is 0 Å². The Labute approximate surface area is 137 Å². The van der Waals surface area contributed by atoms with Gasteiger partial charge in [0, 0.05) is 0 Å². The number of phosphoric ester groups is 1. The van der Waals surface area contributed by atoms with Crippen LogP contribution in [-0.4, -0.2) is 47.4 Å². The molecule has 0 amide bonds. The molecule has 0 aromatic heterocycles. The quantitative estimate of drug-likeness (QED) is 0.397. The lowest BCUT2D eigenvalue weighted by Gasteiger charge is -2.20. The van der Waals surface area contributed by atoms with Gasteiger partial charge in [0.2, 0.25) is 0 Å². The zero-order chi connectivity index (χ0) is 18.2. The molecule has 1 aromatic carbocycles. The van der Waals surface area contributed by atoms with Crippen molar-refractivity contribution in [1.82, 2.24) is 0 Å². The smallest absolute Gasteiger partial charge is 0.475 e. The second-order valence-electron chi connectivity index (χ2n) is 4.69. The molecule has 0 aliphatic heterocycles. The van der Waals surface area contributed by atoms with Crippen molar-refractivity contribution in [2.24, 2.45) is 11.5 Å². The molecule has 6 N–H and O–H groups in total. The molecule has 10 nitrogen and oxygen atoms in total. The van der Waals surface area contributed by atoms with Crippen molar-refractivity contribution in [2.75, 3.05) is 13.2 Å².